The van der Waals surface area contributed by atoms with Crippen LogP contribution in [0.1, 0.15) is 50.3 Å². The molecule has 1 fully saturated rings. The van der Waals surface area contributed by atoms with Crippen LogP contribution in [0.15, 0.2) is 12.1 Å². The van der Waals surface area contributed by atoms with E-state index in [4.69, 9.17) is 4.74 Å². The third kappa shape index (κ3) is 3.56. The first-order valence-corrected chi connectivity index (χ1v) is 7.75. The van der Waals surface area contributed by atoms with E-state index in [0.717, 1.165) is 13.2 Å². The Morgan fingerprint density at radius 3 is 2.61 bits per heavy atom. The molecule has 1 aliphatic carbocycles. The highest BCUT2D eigenvalue weighted by molar-refractivity contribution is 7.12. The molecule has 0 aliphatic heterocycles. The maximum Gasteiger partial charge on any atom is 0.0604 e. The SMILES string of the molecule is CCOC1CC(NCc2ccc(C(C)(C)C)s2)C1. The molecule has 0 unspecified atom stereocenters. The molecule has 0 aromatic carbocycles. The fourth-order valence-corrected chi connectivity index (χ4v) is 3.24. The average molecular weight is 267 g/mol. The summed E-state index contributed by atoms with van der Waals surface area (Å²) in [5, 5.41) is 3.62. The number of rotatable bonds is 5. The van der Waals surface area contributed by atoms with E-state index in [1.807, 2.05) is 11.3 Å². The van der Waals surface area contributed by atoms with Gasteiger partial charge < -0.3 is 10.1 Å². The zero-order valence-corrected chi connectivity index (χ0v) is 12.8. The molecular formula is C15H25NOS. The molecule has 0 bridgehead atoms. The Kier molecular flexibility index (Phi) is 4.46. The van der Waals surface area contributed by atoms with Crippen molar-refractivity contribution in [1.82, 2.24) is 5.32 Å². The molecule has 1 aromatic rings. The van der Waals surface area contributed by atoms with Crippen LogP contribution in [0.5, 0.6) is 0 Å². The summed E-state index contributed by atoms with van der Waals surface area (Å²) in [6, 6.07) is 5.18. The smallest absolute Gasteiger partial charge is 0.0604 e. The average Bonchev–Trinajstić information content (AvgIpc) is 2.69. The van der Waals surface area contributed by atoms with Gasteiger partial charge in [0.2, 0.25) is 0 Å². The number of nitrogens with one attached hydrogen (secondary N) is 1. The lowest BCUT2D eigenvalue weighted by Gasteiger charge is -2.35. The summed E-state index contributed by atoms with van der Waals surface area (Å²) in [6.07, 6.45) is 2.84. The van der Waals surface area contributed by atoms with Crippen molar-refractivity contribution < 1.29 is 4.74 Å². The monoisotopic (exact) mass is 267 g/mol. The van der Waals surface area contributed by atoms with Crippen molar-refractivity contribution >= 4 is 11.3 Å². The highest BCUT2D eigenvalue weighted by atomic mass is 32.1. The van der Waals surface area contributed by atoms with Gasteiger partial charge in [-0.2, -0.15) is 0 Å². The van der Waals surface area contributed by atoms with Crippen molar-refractivity contribution in [2.45, 2.75) is 64.6 Å². The fraction of sp³-hybridized carbons (Fsp3) is 0.733. The highest BCUT2D eigenvalue weighted by Gasteiger charge is 2.29. The van der Waals surface area contributed by atoms with Crippen LogP contribution >= 0.6 is 11.3 Å². The molecular weight excluding hydrogens is 242 g/mol. The van der Waals surface area contributed by atoms with Crippen molar-refractivity contribution in [3.63, 3.8) is 0 Å². The lowest BCUT2D eigenvalue weighted by atomic mass is 9.89. The molecule has 2 nitrogen and oxygen atoms in total. The van der Waals surface area contributed by atoms with Crippen molar-refractivity contribution in [2.75, 3.05) is 6.61 Å². The van der Waals surface area contributed by atoms with Crippen LogP contribution in [-0.4, -0.2) is 18.8 Å². The molecule has 0 radical (unpaired) electrons. The van der Waals surface area contributed by atoms with Crippen molar-refractivity contribution in [3.8, 4) is 0 Å². The Labute approximate surface area is 115 Å². The summed E-state index contributed by atoms with van der Waals surface area (Å²) in [7, 11) is 0. The van der Waals surface area contributed by atoms with Crippen LogP contribution in [0.4, 0.5) is 0 Å². The minimum Gasteiger partial charge on any atom is -0.378 e. The van der Waals surface area contributed by atoms with Gasteiger partial charge in [0.1, 0.15) is 0 Å². The molecule has 0 atom stereocenters. The van der Waals surface area contributed by atoms with E-state index in [1.165, 1.54) is 22.6 Å². The van der Waals surface area contributed by atoms with Gasteiger partial charge >= 0.3 is 0 Å². The van der Waals surface area contributed by atoms with Crippen molar-refractivity contribution in [3.05, 3.63) is 21.9 Å². The molecule has 1 heterocycles. The fourth-order valence-electron chi connectivity index (χ4n) is 2.23. The first kappa shape index (κ1) is 14.0. The summed E-state index contributed by atoms with van der Waals surface area (Å²) >= 11 is 1.93. The van der Waals surface area contributed by atoms with E-state index in [-0.39, 0.29) is 5.41 Å². The Morgan fingerprint density at radius 1 is 1.33 bits per heavy atom. The van der Waals surface area contributed by atoms with E-state index in [2.05, 4.69) is 45.1 Å². The number of thiophene rings is 1. The van der Waals surface area contributed by atoms with Crippen LogP contribution < -0.4 is 5.32 Å². The molecule has 0 amide bonds. The number of ether oxygens (including phenoxy) is 1. The maximum absolute atomic E-state index is 5.57. The highest BCUT2D eigenvalue weighted by Crippen LogP contribution is 2.30. The zero-order valence-electron chi connectivity index (χ0n) is 12.0. The molecule has 0 spiro atoms. The second-order valence-electron chi connectivity index (χ2n) is 6.14. The molecule has 1 aromatic heterocycles. The molecule has 1 saturated carbocycles. The Bertz CT molecular complexity index is 374. The molecule has 0 saturated heterocycles. The Morgan fingerprint density at radius 2 is 2.06 bits per heavy atom. The predicted molar refractivity (Wildman–Crippen MR) is 78.3 cm³/mol. The normalized spacial score (nSPS) is 24.0. The third-order valence-corrected chi connectivity index (χ3v) is 4.97. The topological polar surface area (TPSA) is 21.3 Å². The predicted octanol–water partition coefficient (Wildman–Crippen LogP) is 3.70. The van der Waals surface area contributed by atoms with E-state index in [0.29, 0.717) is 12.1 Å². The van der Waals surface area contributed by atoms with Gasteiger partial charge in [-0.1, -0.05) is 20.8 Å². The van der Waals surface area contributed by atoms with Gasteiger partial charge in [0.05, 0.1) is 6.10 Å². The largest absolute Gasteiger partial charge is 0.378 e. The van der Waals surface area contributed by atoms with Gasteiger partial charge in [-0.05, 0) is 37.3 Å². The van der Waals surface area contributed by atoms with E-state index < -0.39 is 0 Å². The van der Waals surface area contributed by atoms with Crippen LogP contribution in [-0.2, 0) is 16.7 Å². The molecule has 2 rings (SSSR count). The van der Waals surface area contributed by atoms with Crippen LogP contribution in [0.25, 0.3) is 0 Å². The van der Waals surface area contributed by atoms with Gasteiger partial charge in [0.25, 0.3) is 0 Å². The summed E-state index contributed by atoms with van der Waals surface area (Å²) in [6.45, 7) is 10.7. The second kappa shape index (κ2) is 5.72. The first-order chi connectivity index (χ1) is 8.49. The summed E-state index contributed by atoms with van der Waals surface area (Å²) in [4.78, 5) is 2.92. The molecule has 1 aliphatic rings. The summed E-state index contributed by atoms with van der Waals surface area (Å²) in [5.41, 5.74) is 0.277. The van der Waals surface area contributed by atoms with E-state index in [1.54, 1.807) is 0 Å². The molecule has 1 N–H and O–H groups in total. The second-order valence-corrected chi connectivity index (χ2v) is 7.31. The van der Waals surface area contributed by atoms with Crippen molar-refractivity contribution in [1.29, 1.82) is 0 Å². The minimum absolute atomic E-state index is 0.277. The maximum atomic E-state index is 5.57. The lowest BCUT2D eigenvalue weighted by Crippen LogP contribution is -2.44. The van der Waals surface area contributed by atoms with Crippen LogP contribution in [0, 0.1) is 0 Å². The van der Waals surface area contributed by atoms with Gasteiger partial charge in [-0.25, -0.2) is 0 Å². The summed E-state index contributed by atoms with van der Waals surface area (Å²) in [5.74, 6) is 0. The molecule has 18 heavy (non-hydrogen) atoms. The molecule has 3 heteroatoms. The third-order valence-electron chi connectivity index (χ3n) is 3.46. The quantitative estimate of drug-likeness (QED) is 0.878. The minimum atomic E-state index is 0.277. The van der Waals surface area contributed by atoms with Gasteiger partial charge in [-0.3, -0.25) is 0 Å². The molecule has 102 valence electrons. The standard InChI is InChI=1S/C15H25NOS/c1-5-17-12-8-11(9-12)16-10-13-6-7-14(18-13)15(2,3)4/h6-7,11-12,16H,5,8-10H2,1-4H3. The first-order valence-electron chi connectivity index (χ1n) is 6.93. The van der Waals surface area contributed by atoms with E-state index >= 15 is 0 Å². The lowest BCUT2D eigenvalue weighted by molar-refractivity contribution is -0.0101. The summed E-state index contributed by atoms with van der Waals surface area (Å²) < 4.78 is 5.57. The van der Waals surface area contributed by atoms with Gasteiger partial charge in [-0.15, -0.1) is 11.3 Å². The van der Waals surface area contributed by atoms with E-state index in [9.17, 15) is 0 Å². The van der Waals surface area contributed by atoms with Gasteiger partial charge in [0.15, 0.2) is 0 Å². The van der Waals surface area contributed by atoms with Crippen LogP contribution in [0.3, 0.4) is 0 Å². The number of hydrogen-bond acceptors (Lipinski definition) is 3. The Hall–Kier alpha value is -0.380. The Balaban J connectivity index is 1.73. The number of hydrogen-bond donors (Lipinski definition) is 1. The van der Waals surface area contributed by atoms with Crippen LogP contribution in [0.2, 0.25) is 0 Å². The zero-order chi connectivity index (χ0) is 13.2. The van der Waals surface area contributed by atoms with Gasteiger partial charge in [0, 0.05) is 28.9 Å². The van der Waals surface area contributed by atoms with Crippen molar-refractivity contribution in [2.24, 2.45) is 0 Å².